The van der Waals surface area contributed by atoms with Crippen LogP contribution in [0.2, 0.25) is 0 Å². The van der Waals surface area contributed by atoms with Crippen molar-refractivity contribution >= 4 is 33.8 Å². The molecule has 2 aromatic heterocycles. The zero-order valence-electron chi connectivity index (χ0n) is 8.73. The molecule has 0 unspecified atom stereocenters. The van der Waals surface area contributed by atoms with Gasteiger partial charge in [0.15, 0.2) is 0 Å². The van der Waals surface area contributed by atoms with Gasteiger partial charge in [0.2, 0.25) is 0 Å². The summed E-state index contributed by atoms with van der Waals surface area (Å²) in [6.45, 7) is 2.17. The summed E-state index contributed by atoms with van der Waals surface area (Å²) in [5, 5.41) is 5.53. The summed E-state index contributed by atoms with van der Waals surface area (Å²) in [5.74, 6) is 0. The summed E-state index contributed by atoms with van der Waals surface area (Å²) in [4.78, 5) is 13.5. The van der Waals surface area contributed by atoms with Crippen LogP contribution in [0.25, 0.3) is 9.75 Å². The highest BCUT2D eigenvalue weighted by molar-refractivity contribution is 7.23. The highest BCUT2D eigenvalue weighted by atomic mass is 32.1. The van der Waals surface area contributed by atoms with E-state index in [2.05, 4.69) is 11.4 Å². The fourth-order valence-corrected chi connectivity index (χ4v) is 2.95. The number of ether oxygens (including phenoxy) is 1. The highest BCUT2D eigenvalue weighted by Gasteiger charge is 2.06. The number of rotatable bonds is 3. The maximum Gasteiger partial charge on any atom is 0.412 e. The molecule has 2 heterocycles. The van der Waals surface area contributed by atoms with Crippen molar-refractivity contribution in [2.75, 3.05) is 11.9 Å². The Labute approximate surface area is 102 Å². The molecule has 2 rings (SSSR count). The lowest BCUT2D eigenvalue weighted by atomic mass is 10.4. The number of hydrogen-bond donors (Lipinski definition) is 1. The lowest BCUT2D eigenvalue weighted by Gasteiger charge is -2.01. The van der Waals surface area contributed by atoms with Crippen molar-refractivity contribution in [3.05, 3.63) is 29.6 Å². The minimum absolute atomic E-state index is 0.384. The van der Waals surface area contributed by atoms with E-state index in [1.807, 2.05) is 23.6 Å². The van der Waals surface area contributed by atoms with Crippen LogP contribution in [0.15, 0.2) is 29.6 Å². The van der Waals surface area contributed by atoms with Crippen LogP contribution in [-0.4, -0.2) is 12.7 Å². The molecule has 3 nitrogen and oxygen atoms in total. The lowest BCUT2D eigenvalue weighted by Crippen LogP contribution is -2.12. The smallest absolute Gasteiger partial charge is 0.412 e. The van der Waals surface area contributed by atoms with E-state index >= 15 is 0 Å². The summed E-state index contributed by atoms with van der Waals surface area (Å²) in [6, 6.07) is 7.96. The molecule has 0 aromatic carbocycles. The van der Waals surface area contributed by atoms with Crippen molar-refractivity contribution in [2.24, 2.45) is 0 Å². The summed E-state index contributed by atoms with van der Waals surface area (Å²) < 4.78 is 4.80. The molecule has 0 radical (unpaired) electrons. The molecule has 16 heavy (non-hydrogen) atoms. The number of nitrogens with one attached hydrogen (secondary N) is 1. The van der Waals surface area contributed by atoms with Gasteiger partial charge in [0, 0.05) is 9.75 Å². The van der Waals surface area contributed by atoms with E-state index in [0.717, 1.165) is 9.88 Å². The largest absolute Gasteiger partial charge is 0.450 e. The first-order valence-corrected chi connectivity index (χ1v) is 6.56. The van der Waals surface area contributed by atoms with Crippen molar-refractivity contribution in [2.45, 2.75) is 6.92 Å². The van der Waals surface area contributed by atoms with Gasteiger partial charge in [-0.25, -0.2) is 4.79 Å². The van der Waals surface area contributed by atoms with Crippen LogP contribution >= 0.6 is 22.7 Å². The topological polar surface area (TPSA) is 38.3 Å². The Morgan fingerprint density at radius 1 is 1.38 bits per heavy atom. The standard InChI is InChI=1S/C11H11NO2S2/c1-2-14-11(13)12-10-6-5-9(16-10)8-4-3-7-15-8/h3-7H,2H2,1H3,(H,12,13). The third-order valence-corrected chi connectivity index (χ3v) is 3.94. The third kappa shape index (κ3) is 2.62. The number of carbonyl (C=O) groups is 1. The summed E-state index contributed by atoms with van der Waals surface area (Å²) in [7, 11) is 0. The fraction of sp³-hybridized carbons (Fsp3) is 0.182. The van der Waals surface area contributed by atoms with Crippen molar-refractivity contribution in [3.8, 4) is 9.75 Å². The molecular formula is C11H11NO2S2. The van der Waals surface area contributed by atoms with Gasteiger partial charge in [0.1, 0.15) is 0 Å². The second-order valence-corrected chi connectivity index (χ2v) is 5.02. The van der Waals surface area contributed by atoms with Gasteiger partial charge >= 0.3 is 6.09 Å². The average molecular weight is 253 g/mol. The van der Waals surface area contributed by atoms with Gasteiger partial charge in [-0.2, -0.15) is 0 Å². The first kappa shape index (κ1) is 11.2. The number of anilines is 1. The fourth-order valence-electron chi connectivity index (χ4n) is 1.22. The average Bonchev–Trinajstić information content (AvgIpc) is 2.86. The molecule has 0 aliphatic heterocycles. The van der Waals surface area contributed by atoms with Crippen LogP contribution in [0, 0.1) is 0 Å². The molecule has 84 valence electrons. The van der Waals surface area contributed by atoms with Gasteiger partial charge in [-0.3, -0.25) is 5.32 Å². The first-order chi connectivity index (χ1) is 7.79. The van der Waals surface area contributed by atoms with E-state index in [0.29, 0.717) is 6.61 Å². The molecule has 0 saturated carbocycles. The highest BCUT2D eigenvalue weighted by Crippen LogP contribution is 2.33. The summed E-state index contributed by atoms with van der Waals surface area (Å²) in [6.07, 6.45) is -0.401. The molecule has 0 atom stereocenters. The molecule has 2 aromatic rings. The van der Waals surface area contributed by atoms with Crippen molar-refractivity contribution in [3.63, 3.8) is 0 Å². The zero-order chi connectivity index (χ0) is 11.4. The minimum atomic E-state index is -0.401. The van der Waals surface area contributed by atoms with E-state index < -0.39 is 6.09 Å². The molecule has 0 spiro atoms. The number of carbonyl (C=O) groups excluding carboxylic acids is 1. The van der Waals surface area contributed by atoms with Crippen molar-refractivity contribution in [1.29, 1.82) is 0 Å². The first-order valence-electron chi connectivity index (χ1n) is 4.87. The summed E-state index contributed by atoms with van der Waals surface area (Å²) >= 11 is 3.23. The Bertz CT molecular complexity index is 462. The van der Waals surface area contributed by atoms with Crippen LogP contribution in [0.5, 0.6) is 0 Å². The van der Waals surface area contributed by atoms with Gasteiger partial charge in [-0.15, -0.1) is 22.7 Å². The van der Waals surface area contributed by atoms with Gasteiger partial charge in [0.05, 0.1) is 11.6 Å². The second kappa shape index (κ2) is 5.14. The Morgan fingerprint density at radius 2 is 2.25 bits per heavy atom. The molecule has 0 aliphatic carbocycles. The van der Waals surface area contributed by atoms with Gasteiger partial charge in [0.25, 0.3) is 0 Å². The predicted molar refractivity (Wildman–Crippen MR) is 68.3 cm³/mol. The molecule has 0 aliphatic rings. The van der Waals surface area contributed by atoms with Gasteiger partial charge < -0.3 is 4.74 Å². The molecule has 0 saturated heterocycles. The molecule has 1 amide bonds. The second-order valence-electron chi connectivity index (χ2n) is 2.99. The van der Waals surface area contributed by atoms with Crippen LogP contribution in [-0.2, 0) is 4.74 Å². The van der Waals surface area contributed by atoms with E-state index in [-0.39, 0.29) is 0 Å². The molecule has 5 heteroatoms. The Kier molecular flexibility index (Phi) is 3.58. The molecule has 1 N–H and O–H groups in total. The van der Waals surface area contributed by atoms with E-state index in [1.165, 1.54) is 4.88 Å². The number of hydrogen-bond acceptors (Lipinski definition) is 4. The van der Waals surface area contributed by atoms with Gasteiger partial charge in [-0.1, -0.05) is 6.07 Å². The van der Waals surface area contributed by atoms with Crippen LogP contribution in [0.3, 0.4) is 0 Å². The van der Waals surface area contributed by atoms with E-state index in [1.54, 1.807) is 29.6 Å². The number of thiophene rings is 2. The van der Waals surface area contributed by atoms with Gasteiger partial charge in [-0.05, 0) is 30.5 Å². The lowest BCUT2D eigenvalue weighted by molar-refractivity contribution is 0.168. The Balaban J connectivity index is 2.06. The minimum Gasteiger partial charge on any atom is -0.450 e. The SMILES string of the molecule is CCOC(=O)Nc1ccc(-c2cccs2)s1. The van der Waals surface area contributed by atoms with Crippen molar-refractivity contribution < 1.29 is 9.53 Å². The zero-order valence-corrected chi connectivity index (χ0v) is 10.4. The number of amides is 1. The Morgan fingerprint density at radius 3 is 2.94 bits per heavy atom. The normalized spacial score (nSPS) is 10.1. The maximum atomic E-state index is 11.2. The predicted octanol–water partition coefficient (Wildman–Crippen LogP) is 4.05. The van der Waals surface area contributed by atoms with Crippen LogP contribution < -0.4 is 5.32 Å². The molecule has 0 bridgehead atoms. The molecule has 0 fully saturated rings. The van der Waals surface area contributed by atoms with E-state index in [4.69, 9.17) is 4.74 Å². The third-order valence-electron chi connectivity index (χ3n) is 1.87. The summed E-state index contributed by atoms with van der Waals surface area (Å²) in [5.41, 5.74) is 0. The van der Waals surface area contributed by atoms with Crippen LogP contribution in [0.1, 0.15) is 6.92 Å². The quantitative estimate of drug-likeness (QED) is 0.896. The monoisotopic (exact) mass is 253 g/mol. The van der Waals surface area contributed by atoms with Crippen molar-refractivity contribution in [1.82, 2.24) is 0 Å². The maximum absolute atomic E-state index is 11.2. The molecular weight excluding hydrogens is 242 g/mol. The Hall–Kier alpha value is -1.33. The van der Waals surface area contributed by atoms with E-state index in [9.17, 15) is 4.79 Å². The van der Waals surface area contributed by atoms with Crippen LogP contribution in [0.4, 0.5) is 9.80 Å².